The van der Waals surface area contributed by atoms with Crippen LogP contribution in [0.25, 0.3) is 0 Å². The van der Waals surface area contributed by atoms with Crippen LogP contribution < -0.4 is 14.8 Å². The van der Waals surface area contributed by atoms with Crippen molar-refractivity contribution >= 4 is 5.91 Å². The third-order valence-corrected chi connectivity index (χ3v) is 3.07. The summed E-state index contributed by atoms with van der Waals surface area (Å²) in [7, 11) is 3.16. The molecule has 1 amide bonds. The van der Waals surface area contributed by atoms with Crippen LogP contribution in [0.2, 0.25) is 0 Å². The molecule has 7 heteroatoms. The van der Waals surface area contributed by atoms with Gasteiger partial charge in [0.05, 0.1) is 14.2 Å². The van der Waals surface area contributed by atoms with Crippen LogP contribution in [0.5, 0.6) is 11.5 Å². The number of nitrogens with zero attached hydrogens (tertiary/aromatic N) is 2. The summed E-state index contributed by atoms with van der Waals surface area (Å²) in [6.45, 7) is 2.13. The molecular formula is C15H19N3O4. The van der Waals surface area contributed by atoms with E-state index in [-0.39, 0.29) is 5.91 Å². The van der Waals surface area contributed by atoms with Crippen LogP contribution in [0, 0.1) is 6.92 Å². The molecule has 7 nitrogen and oxygen atoms in total. The van der Waals surface area contributed by atoms with Crippen molar-refractivity contribution in [1.29, 1.82) is 0 Å². The molecule has 2 rings (SSSR count). The summed E-state index contributed by atoms with van der Waals surface area (Å²) in [6, 6.07) is 5.52. The molecule has 0 saturated carbocycles. The number of carbonyl (C=O) groups is 1. The molecule has 0 aliphatic rings. The molecule has 1 aromatic carbocycles. The molecule has 118 valence electrons. The molecule has 1 aromatic heterocycles. The van der Waals surface area contributed by atoms with E-state index < -0.39 is 0 Å². The lowest BCUT2D eigenvalue weighted by Crippen LogP contribution is -2.23. The van der Waals surface area contributed by atoms with Crippen LogP contribution in [-0.4, -0.2) is 30.3 Å². The molecule has 0 fully saturated rings. The number of ether oxygens (including phenoxy) is 2. The van der Waals surface area contributed by atoms with Gasteiger partial charge in [-0.25, -0.2) is 0 Å². The highest BCUT2D eigenvalue weighted by molar-refractivity contribution is 5.76. The molecule has 0 saturated heterocycles. The van der Waals surface area contributed by atoms with Gasteiger partial charge in [-0.3, -0.25) is 4.79 Å². The van der Waals surface area contributed by atoms with E-state index in [2.05, 4.69) is 15.5 Å². The average molecular weight is 305 g/mol. The predicted molar refractivity (Wildman–Crippen MR) is 78.7 cm³/mol. The number of rotatable bonds is 7. The van der Waals surface area contributed by atoms with Crippen LogP contribution in [-0.2, 0) is 17.8 Å². The Bertz CT molecular complexity index is 639. The Morgan fingerprint density at radius 3 is 2.64 bits per heavy atom. The van der Waals surface area contributed by atoms with Crippen molar-refractivity contribution in [1.82, 2.24) is 15.5 Å². The molecule has 1 heterocycles. The summed E-state index contributed by atoms with van der Waals surface area (Å²) in [5.41, 5.74) is 0.930. The van der Waals surface area contributed by atoms with Gasteiger partial charge in [0.2, 0.25) is 17.7 Å². The molecular weight excluding hydrogens is 286 g/mol. The Morgan fingerprint density at radius 2 is 2.00 bits per heavy atom. The van der Waals surface area contributed by atoms with E-state index >= 15 is 0 Å². The summed E-state index contributed by atoms with van der Waals surface area (Å²) < 4.78 is 15.6. The van der Waals surface area contributed by atoms with Crippen molar-refractivity contribution < 1.29 is 18.7 Å². The van der Waals surface area contributed by atoms with E-state index in [1.807, 2.05) is 18.2 Å². The molecule has 1 N–H and O–H groups in total. The zero-order valence-electron chi connectivity index (χ0n) is 12.9. The minimum atomic E-state index is -0.0781. The van der Waals surface area contributed by atoms with Gasteiger partial charge in [-0.15, -0.1) is 10.2 Å². The quantitative estimate of drug-likeness (QED) is 0.837. The van der Waals surface area contributed by atoms with Gasteiger partial charge >= 0.3 is 0 Å². The first kappa shape index (κ1) is 15.8. The van der Waals surface area contributed by atoms with Gasteiger partial charge in [0.1, 0.15) is 0 Å². The smallest absolute Gasteiger partial charge is 0.220 e. The number of hydrogen-bond acceptors (Lipinski definition) is 6. The largest absolute Gasteiger partial charge is 0.493 e. The van der Waals surface area contributed by atoms with Gasteiger partial charge in [-0.05, 0) is 17.7 Å². The second kappa shape index (κ2) is 7.44. The maximum Gasteiger partial charge on any atom is 0.220 e. The van der Waals surface area contributed by atoms with Crippen LogP contribution in [0.15, 0.2) is 22.6 Å². The second-order valence-corrected chi connectivity index (χ2v) is 4.68. The third kappa shape index (κ3) is 4.21. The molecule has 0 spiro atoms. The summed E-state index contributed by atoms with van der Waals surface area (Å²) in [6.07, 6.45) is 0.730. The van der Waals surface area contributed by atoms with Crippen molar-refractivity contribution in [3.8, 4) is 11.5 Å². The topological polar surface area (TPSA) is 86.5 Å². The molecule has 0 aliphatic carbocycles. The number of nitrogens with one attached hydrogen (secondary N) is 1. The van der Waals surface area contributed by atoms with E-state index in [1.165, 1.54) is 0 Å². The van der Waals surface area contributed by atoms with Crippen molar-refractivity contribution in [3.05, 3.63) is 35.5 Å². The van der Waals surface area contributed by atoms with E-state index in [0.29, 0.717) is 42.7 Å². The minimum Gasteiger partial charge on any atom is -0.493 e. The summed E-state index contributed by atoms with van der Waals surface area (Å²) in [4.78, 5) is 11.8. The van der Waals surface area contributed by atoms with Gasteiger partial charge in [0.15, 0.2) is 11.5 Å². The Labute approximate surface area is 128 Å². The number of benzene rings is 1. The molecule has 0 unspecified atom stereocenters. The number of hydrogen-bond donors (Lipinski definition) is 1. The normalized spacial score (nSPS) is 10.3. The van der Waals surface area contributed by atoms with Gasteiger partial charge in [0, 0.05) is 26.3 Å². The van der Waals surface area contributed by atoms with E-state index in [4.69, 9.17) is 13.9 Å². The SMILES string of the molecule is COc1ccc(CNC(=O)CCc2nnc(C)o2)cc1OC. The Hall–Kier alpha value is -2.57. The fraction of sp³-hybridized carbons (Fsp3) is 0.400. The Kier molecular flexibility index (Phi) is 5.35. The minimum absolute atomic E-state index is 0.0781. The first-order chi connectivity index (χ1) is 10.6. The van der Waals surface area contributed by atoms with Crippen LogP contribution in [0.3, 0.4) is 0 Å². The average Bonchev–Trinajstić information content (AvgIpc) is 2.96. The lowest BCUT2D eigenvalue weighted by molar-refractivity contribution is -0.121. The number of amides is 1. The molecule has 0 atom stereocenters. The molecule has 2 aromatic rings. The zero-order valence-corrected chi connectivity index (χ0v) is 12.9. The summed E-state index contributed by atoms with van der Waals surface area (Å²) in [5, 5.41) is 10.4. The fourth-order valence-corrected chi connectivity index (χ4v) is 1.94. The standard InChI is InChI=1S/C15H19N3O4/c1-10-17-18-15(22-10)7-6-14(19)16-9-11-4-5-12(20-2)13(8-11)21-3/h4-5,8H,6-7,9H2,1-3H3,(H,16,19). The van der Waals surface area contributed by atoms with Crippen LogP contribution in [0.1, 0.15) is 23.8 Å². The van der Waals surface area contributed by atoms with Crippen molar-refractivity contribution in [2.75, 3.05) is 14.2 Å². The third-order valence-electron chi connectivity index (χ3n) is 3.07. The molecule has 0 radical (unpaired) electrons. The molecule has 22 heavy (non-hydrogen) atoms. The maximum atomic E-state index is 11.8. The Balaban J connectivity index is 1.83. The highest BCUT2D eigenvalue weighted by Crippen LogP contribution is 2.27. The van der Waals surface area contributed by atoms with E-state index in [0.717, 1.165) is 5.56 Å². The fourth-order valence-electron chi connectivity index (χ4n) is 1.94. The first-order valence-corrected chi connectivity index (χ1v) is 6.89. The van der Waals surface area contributed by atoms with Crippen molar-refractivity contribution in [2.45, 2.75) is 26.3 Å². The zero-order chi connectivity index (χ0) is 15.9. The summed E-state index contributed by atoms with van der Waals surface area (Å²) >= 11 is 0. The first-order valence-electron chi connectivity index (χ1n) is 6.89. The molecule has 0 aliphatic heterocycles. The predicted octanol–water partition coefficient (Wildman–Crippen LogP) is 1.64. The van der Waals surface area contributed by atoms with Crippen molar-refractivity contribution in [2.24, 2.45) is 0 Å². The van der Waals surface area contributed by atoms with Crippen LogP contribution >= 0.6 is 0 Å². The lowest BCUT2D eigenvalue weighted by Gasteiger charge is -2.10. The van der Waals surface area contributed by atoms with Gasteiger partial charge < -0.3 is 19.2 Å². The highest BCUT2D eigenvalue weighted by Gasteiger charge is 2.08. The highest BCUT2D eigenvalue weighted by atomic mass is 16.5. The van der Waals surface area contributed by atoms with Crippen LogP contribution in [0.4, 0.5) is 0 Å². The second-order valence-electron chi connectivity index (χ2n) is 4.68. The van der Waals surface area contributed by atoms with Gasteiger partial charge in [-0.1, -0.05) is 6.07 Å². The van der Waals surface area contributed by atoms with E-state index in [9.17, 15) is 4.79 Å². The van der Waals surface area contributed by atoms with Gasteiger partial charge in [-0.2, -0.15) is 0 Å². The Morgan fingerprint density at radius 1 is 1.23 bits per heavy atom. The number of aromatic nitrogens is 2. The van der Waals surface area contributed by atoms with Crippen molar-refractivity contribution in [3.63, 3.8) is 0 Å². The monoisotopic (exact) mass is 305 g/mol. The number of carbonyl (C=O) groups excluding carboxylic acids is 1. The number of aryl methyl sites for hydroxylation is 2. The maximum absolute atomic E-state index is 11.8. The lowest BCUT2D eigenvalue weighted by atomic mass is 10.2. The summed E-state index contributed by atoms with van der Waals surface area (Å²) in [5.74, 6) is 2.19. The van der Waals surface area contributed by atoms with E-state index in [1.54, 1.807) is 21.1 Å². The number of methoxy groups -OCH3 is 2. The molecule has 0 bridgehead atoms. The van der Waals surface area contributed by atoms with Gasteiger partial charge in [0.25, 0.3) is 0 Å².